The molecule has 0 aromatic rings. The second-order valence-electron chi connectivity index (χ2n) is 28.2. The highest BCUT2D eigenvalue weighted by Crippen LogP contribution is 2.45. The minimum absolute atomic E-state index is 0.108. The van der Waals surface area contributed by atoms with Gasteiger partial charge in [-0.1, -0.05) is 356 Å². The zero-order valence-corrected chi connectivity index (χ0v) is 64.3. The molecule has 0 aliphatic heterocycles. The summed E-state index contributed by atoms with van der Waals surface area (Å²) in [5.41, 5.74) is 0. The minimum Gasteiger partial charge on any atom is -0.462 e. The first-order chi connectivity index (χ1) is 46.5. The number of carbonyl (C=O) groups is 4. The van der Waals surface area contributed by atoms with Gasteiger partial charge < -0.3 is 33.8 Å². The first-order valence-electron chi connectivity index (χ1n) is 40.1. The number of aliphatic hydroxyl groups is 1. The second kappa shape index (κ2) is 70.1. The average molecular weight is 1410 g/mol. The van der Waals surface area contributed by atoms with Crippen molar-refractivity contribution >= 4 is 39.5 Å². The van der Waals surface area contributed by atoms with E-state index in [1.165, 1.54) is 231 Å². The van der Waals surface area contributed by atoms with Gasteiger partial charge in [-0.05, 0) is 31.6 Å². The van der Waals surface area contributed by atoms with E-state index in [-0.39, 0.29) is 25.7 Å². The van der Waals surface area contributed by atoms with Gasteiger partial charge in [0.25, 0.3) is 0 Å². The van der Waals surface area contributed by atoms with Crippen molar-refractivity contribution < 1.29 is 80.2 Å². The molecule has 17 nitrogen and oxygen atoms in total. The lowest BCUT2D eigenvalue weighted by Gasteiger charge is -2.21. The fraction of sp³-hybridized carbons (Fsp3) is 0.948. The van der Waals surface area contributed by atoms with E-state index in [1.54, 1.807) is 0 Å². The van der Waals surface area contributed by atoms with Crippen LogP contribution in [0.15, 0.2) is 0 Å². The molecule has 0 spiro atoms. The molecular weight excluding hydrogens is 1260 g/mol. The average Bonchev–Trinajstić information content (AvgIpc) is 1.55. The molecule has 0 radical (unpaired) electrons. The van der Waals surface area contributed by atoms with Crippen LogP contribution in [0.25, 0.3) is 0 Å². The summed E-state index contributed by atoms with van der Waals surface area (Å²) in [7, 11) is -9.91. The number of hydrogen-bond acceptors (Lipinski definition) is 15. The summed E-state index contributed by atoms with van der Waals surface area (Å²) in [5.74, 6) is -1.31. The third-order valence-electron chi connectivity index (χ3n) is 18.0. The largest absolute Gasteiger partial charge is 0.472 e. The Kier molecular flexibility index (Phi) is 68.7. The fourth-order valence-electron chi connectivity index (χ4n) is 11.9. The molecule has 5 atom stereocenters. The molecule has 0 heterocycles. The number of rotatable bonds is 77. The van der Waals surface area contributed by atoms with Gasteiger partial charge in [0.2, 0.25) is 0 Å². The number of phosphoric acid groups is 2. The Morgan fingerprint density at radius 3 is 0.708 bits per heavy atom. The highest BCUT2D eigenvalue weighted by atomic mass is 31.2. The fourth-order valence-corrected chi connectivity index (χ4v) is 13.5. The molecule has 0 aliphatic rings. The summed E-state index contributed by atoms with van der Waals surface area (Å²) in [6.07, 6.45) is 59.5. The Hall–Kier alpha value is -1.94. The Morgan fingerprint density at radius 2 is 0.479 bits per heavy atom. The van der Waals surface area contributed by atoms with Crippen LogP contribution in [0.2, 0.25) is 0 Å². The highest BCUT2D eigenvalue weighted by molar-refractivity contribution is 7.47. The lowest BCUT2D eigenvalue weighted by Crippen LogP contribution is -2.30. The topological polar surface area (TPSA) is 237 Å². The maximum absolute atomic E-state index is 13.1. The van der Waals surface area contributed by atoms with Crippen LogP contribution in [0.5, 0.6) is 0 Å². The normalized spacial score (nSPS) is 13.9. The van der Waals surface area contributed by atoms with E-state index in [1.807, 2.05) is 0 Å². The molecule has 19 heteroatoms. The molecule has 0 amide bonds. The van der Waals surface area contributed by atoms with Crippen molar-refractivity contribution in [3.05, 3.63) is 0 Å². The van der Waals surface area contributed by atoms with Crippen molar-refractivity contribution in [2.45, 2.75) is 425 Å². The Bertz CT molecular complexity index is 1840. The van der Waals surface area contributed by atoms with E-state index in [9.17, 15) is 43.2 Å². The molecular formula is C77H150O17P2. The van der Waals surface area contributed by atoms with E-state index in [4.69, 9.17) is 37.0 Å². The van der Waals surface area contributed by atoms with Gasteiger partial charge >= 0.3 is 39.5 Å². The number of unbranched alkanes of at least 4 members (excludes halogenated alkanes) is 49. The van der Waals surface area contributed by atoms with Gasteiger partial charge in [0.15, 0.2) is 12.2 Å². The van der Waals surface area contributed by atoms with Crippen LogP contribution in [0.4, 0.5) is 0 Å². The van der Waals surface area contributed by atoms with Crippen LogP contribution in [0, 0.1) is 5.92 Å². The summed E-state index contributed by atoms with van der Waals surface area (Å²) in [4.78, 5) is 72.8. The predicted octanol–water partition coefficient (Wildman–Crippen LogP) is 22.9. The summed E-state index contributed by atoms with van der Waals surface area (Å²) >= 11 is 0. The number of phosphoric ester groups is 2. The van der Waals surface area contributed by atoms with Crippen LogP contribution in [0.1, 0.15) is 407 Å². The second-order valence-corrected chi connectivity index (χ2v) is 31.1. The van der Waals surface area contributed by atoms with Crippen LogP contribution < -0.4 is 0 Å². The molecule has 0 aromatic heterocycles. The quantitative estimate of drug-likeness (QED) is 0.0222. The van der Waals surface area contributed by atoms with Gasteiger partial charge in [0.1, 0.15) is 19.3 Å². The van der Waals surface area contributed by atoms with Crippen LogP contribution in [-0.4, -0.2) is 96.7 Å². The SMILES string of the molecule is CCCCCCCCCCCCCCCCC(=O)OC[C@H](COP(=O)(O)OC[C@@H](O)COP(=O)(O)OC[C@@H](COC(=O)CCCCCCCCCCCC)OC(=O)CCCCCCCCCCCCCCCC)OC(=O)CCCCCCCCCCCCCCCCCC(C)C. The third-order valence-corrected chi connectivity index (χ3v) is 19.9. The van der Waals surface area contributed by atoms with Crippen LogP contribution in [0.3, 0.4) is 0 Å². The molecule has 96 heavy (non-hydrogen) atoms. The molecule has 0 rings (SSSR count). The van der Waals surface area contributed by atoms with Crippen molar-refractivity contribution in [3.63, 3.8) is 0 Å². The molecule has 0 saturated heterocycles. The van der Waals surface area contributed by atoms with Gasteiger partial charge in [0.05, 0.1) is 26.4 Å². The molecule has 570 valence electrons. The van der Waals surface area contributed by atoms with Crippen molar-refractivity contribution in [2.75, 3.05) is 39.6 Å². The number of carbonyl (C=O) groups excluding carboxylic acids is 4. The Balaban J connectivity index is 5.24. The maximum atomic E-state index is 13.1. The van der Waals surface area contributed by atoms with Gasteiger partial charge in [-0.3, -0.25) is 37.3 Å². The highest BCUT2D eigenvalue weighted by Gasteiger charge is 2.30. The Morgan fingerprint density at radius 1 is 0.281 bits per heavy atom. The van der Waals surface area contributed by atoms with E-state index < -0.39 is 97.5 Å². The zero-order valence-electron chi connectivity index (χ0n) is 62.5. The van der Waals surface area contributed by atoms with E-state index >= 15 is 0 Å². The zero-order chi connectivity index (χ0) is 70.5. The number of esters is 4. The Labute approximate surface area is 588 Å². The summed E-state index contributed by atoms with van der Waals surface area (Å²) in [6, 6.07) is 0. The maximum Gasteiger partial charge on any atom is 0.472 e. The molecule has 0 fully saturated rings. The van der Waals surface area contributed by atoms with Gasteiger partial charge in [-0.15, -0.1) is 0 Å². The first kappa shape index (κ1) is 94.1. The summed E-state index contributed by atoms with van der Waals surface area (Å²) < 4.78 is 68.6. The van der Waals surface area contributed by atoms with E-state index in [2.05, 4.69) is 34.6 Å². The minimum atomic E-state index is -4.96. The van der Waals surface area contributed by atoms with Gasteiger partial charge in [0, 0.05) is 25.7 Å². The monoisotopic (exact) mass is 1410 g/mol. The summed E-state index contributed by atoms with van der Waals surface area (Å²) in [5, 5.41) is 10.6. The number of ether oxygens (including phenoxy) is 4. The first-order valence-corrected chi connectivity index (χ1v) is 43.1. The molecule has 0 aliphatic carbocycles. The molecule has 2 unspecified atom stereocenters. The summed E-state index contributed by atoms with van der Waals surface area (Å²) in [6.45, 7) is 7.33. The van der Waals surface area contributed by atoms with E-state index in [0.29, 0.717) is 25.7 Å². The third kappa shape index (κ3) is 70.5. The number of hydrogen-bond donors (Lipinski definition) is 3. The van der Waals surface area contributed by atoms with Crippen molar-refractivity contribution in [3.8, 4) is 0 Å². The van der Waals surface area contributed by atoms with Crippen molar-refractivity contribution in [1.82, 2.24) is 0 Å². The van der Waals surface area contributed by atoms with Gasteiger partial charge in [-0.25, -0.2) is 9.13 Å². The lowest BCUT2D eigenvalue weighted by molar-refractivity contribution is -0.161. The molecule has 3 N–H and O–H groups in total. The van der Waals surface area contributed by atoms with E-state index in [0.717, 1.165) is 95.8 Å². The smallest absolute Gasteiger partial charge is 0.462 e. The number of aliphatic hydroxyl groups excluding tert-OH is 1. The standard InChI is InChI=1S/C77H150O17P2/c1-6-9-12-15-18-21-24-26-32-36-41-46-51-56-61-75(80)88-67-73(94-77(82)63-58-53-48-43-38-34-30-28-29-31-35-39-44-49-54-59-70(4)5)69-92-96(85,86)90-65-71(78)64-89-95(83,84)91-68-72(66-87-74(79)60-55-50-45-40-23-20-17-14-11-8-3)93-76(81)62-57-52-47-42-37-33-27-25-22-19-16-13-10-7-2/h70-73,78H,6-69H2,1-5H3,(H,83,84)(H,85,86)/t71-,72+,73+/m0/s1. The van der Waals surface area contributed by atoms with Crippen LogP contribution >= 0.6 is 15.6 Å². The molecule has 0 saturated carbocycles. The van der Waals surface area contributed by atoms with Crippen molar-refractivity contribution in [1.29, 1.82) is 0 Å². The molecule has 0 bridgehead atoms. The van der Waals surface area contributed by atoms with Crippen molar-refractivity contribution in [2.24, 2.45) is 5.92 Å². The molecule has 0 aromatic carbocycles. The predicted molar refractivity (Wildman–Crippen MR) is 391 cm³/mol. The van der Waals surface area contributed by atoms with Crippen LogP contribution in [-0.2, 0) is 65.4 Å². The lowest BCUT2D eigenvalue weighted by atomic mass is 10.0. The van der Waals surface area contributed by atoms with Gasteiger partial charge in [-0.2, -0.15) is 0 Å².